The molecule has 94 valence electrons. The maximum atomic E-state index is 9.96. The van der Waals surface area contributed by atoms with Crippen LogP contribution in [-0.4, -0.2) is 10.1 Å². The van der Waals surface area contributed by atoms with E-state index in [4.69, 9.17) is 4.74 Å². The minimum atomic E-state index is -0.502. The zero-order valence-corrected chi connectivity index (χ0v) is 10.6. The third-order valence-electron chi connectivity index (χ3n) is 2.84. The van der Waals surface area contributed by atoms with E-state index in [9.17, 15) is 5.11 Å². The molecule has 0 bridgehead atoms. The van der Waals surface area contributed by atoms with E-state index in [0.717, 1.165) is 11.3 Å². The predicted molar refractivity (Wildman–Crippen MR) is 70.7 cm³/mol. The number of pyridine rings is 1. The number of aliphatic hydroxyl groups is 1. The second-order valence-corrected chi connectivity index (χ2v) is 4.15. The molecule has 0 amide bonds. The van der Waals surface area contributed by atoms with Gasteiger partial charge in [0, 0.05) is 11.8 Å². The molecule has 18 heavy (non-hydrogen) atoms. The van der Waals surface area contributed by atoms with Gasteiger partial charge in [0.2, 0.25) is 0 Å². The Balaban J connectivity index is 2.32. The van der Waals surface area contributed by atoms with Gasteiger partial charge >= 0.3 is 0 Å². The molecule has 2 aromatic rings. The van der Waals surface area contributed by atoms with Crippen molar-refractivity contribution < 1.29 is 9.84 Å². The van der Waals surface area contributed by atoms with Gasteiger partial charge in [0.25, 0.3) is 0 Å². The number of benzene rings is 1. The lowest BCUT2D eigenvalue weighted by molar-refractivity contribution is 0.170. The first kappa shape index (κ1) is 12.6. The van der Waals surface area contributed by atoms with E-state index < -0.39 is 6.10 Å². The summed E-state index contributed by atoms with van der Waals surface area (Å²) in [4.78, 5) is 4.18. The van der Waals surface area contributed by atoms with Crippen molar-refractivity contribution in [1.82, 2.24) is 4.98 Å². The smallest absolute Gasteiger partial charge is 0.148 e. The molecule has 0 unspecified atom stereocenters. The van der Waals surface area contributed by atoms with Gasteiger partial charge in [-0.3, -0.25) is 4.98 Å². The van der Waals surface area contributed by atoms with Crippen molar-refractivity contribution >= 4 is 0 Å². The Bertz CT molecular complexity index is 525. The fraction of sp³-hybridized carbons (Fsp3) is 0.267. The Morgan fingerprint density at radius 1 is 1.17 bits per heavy atom. The van der Waals surface area contributed by atoms with Gasteiger partial charge in [-0.2, -0.15) is 0 Å². The Labute approximate surface area is 107 Å². The first-order valence-corrected chi connectivity index (χ1v) is 6.08. The molecule has 0 fully saturated rings. The van der Waals surface area contributed by atoms with Crippen molar-refractivity contribution in [3.8, 4) is 11.5 Å². The van der Waals surface area contributed by atoms with Crippen LogP contribution in [0.3, 0.4) is 0 Å². The number of rotatable bonds is 4. The van der Waals surface area contributed by atoms with E-state index >= 15 is 0 Å². The summed E-state index contributed by atoms with van der Waals surface area (Å²) in [5.41, 5.74) is 1.64. The third-order valence-corrected chi connectivity index (χ3v) is 2.84. The second-order valence-electron chi connectivity index (χ2n) is 4.15. The van der Waals surface area contributed by atoms with Crippen molar-refractivity contribution in [3.63, 3.8) is 0 Å². The third kappa shape index (κ3) is 2.68. The number of para-hydroxylation sites is 1. The van der Waals surface area contributed by atoms with Gasteiger partial charge in [0.15, 0.2) is 0 Å². The molecule has 1 aromatic carbocycles. The fourth-order valence-corrected chi connectivity index (χ4v) is 1.76. The summed E-state index contributed by atoms with van der Waals surface area (Å²) < 4.78 is 5.84. The number of hydrogen-bond donors (Lipinski definition) is 1. The van der Waals surface area contributed by atoms with Crippen LogP contribution in [0.2, 0.25) is 0 Å². The van der Waals surface area contributed by atoms with Crippen LogP contribution in [0.15, 0.2) is 42.6 Å². The summed E-state index contributed by atoms with van der Waals surface area (Å²) in [5.74, 6) is 1.40. The average Bonchev–Trinajstić information content (AvgIpc) is 2.41. The number of aliphatic hydroxyl groups excluding tert-OH is 1. The van der Waals surface area contributed by atoms with E-state index in [1.165, 1.54) is 0 Å². The predicted octanol–water partition coefficient (Wildman–Crippen LogP) is 3.63. The Morgan fingerprint density at radius 2 is 1.89 bits per heavy atom. The lowest BCUT2D eigenvalue weighted by Crippen LogP contribution is -1.99. The number of nitrogens with zero attached hydrogens (tertiary/aromatic N) is 1. The first-order valence-electron chi connectivity index (χ1n) is 6.08. The molecule has 2 rings (SSSR count). The van der Waals surface area contributed by atoms with Crippen molar-refractivity contribution in [1.29, 1.82) is 0 Å². The molecule has 3 heteroatoms. The van der Waals surface area contributed by atoms with Crippen molar-refractivity contribution in [2.75, 3.05) is 0 Å². The normalized spacial score (nSPS) is 12.2. The maximum Gasteiger partial charge on any atom is 0.148 e. The van der Waals surface area contributed by atoms with Crippen LogP contribution < -0.4 is 4.74 Å². The summed E-state index contributed by atoms with van der Waals surface area (Å²) >= 11 is 0. The van der Waals surface area contributed by atoms with E-state index in [1.54, 1.807) is 6.20 Å². The summed E-state index contributed by atoms with van der Waals surface area (Å²) in [7, 11) is 0. The zero-order chi connectivity index (χ0) is 13.0. The van der Waals surface area contributed by atoms with Gasteiger partial charge in [0.1, 0.15) is 11.5 Å². The summed E-state index contributed by atoms with van der Waals surface area (Å²) in [6, 6.07) is 11.2. The molecule has 0 saturated heterocycles. The molecule has 3 nitrogen and oxygen atoms in total. The van der Waals surface area contributed by atoms with Crippen molar-refractivity contribution in [2.45, 2.75) is 26.4 Å². The average molecular weight is 243 g/mol. The second kappa shape index (κ2) is 5.65. The Kier molecular flexibility index (Phi) is 3.95. The van der Waals surface area contributed by atoms with Crippen LogP contribution in [0.5, 0.6) is 11.5 Å². The minimum Gasteiger partial charge on any atom is -0.455 e. The molecule has 0 spiro atoms. The zero-order valence-electron chi connectivity index (χ0n) is 10.6. The standard InChI is InChI=1S/C15H17NO2/c1-3-13(17)12-7-4-5-8-15(12)18-14-9-6-10-16-11(14)2/h4-10,13,17H,3H2,1-2H3/t13-/m0/s1. The van der Waals surface area contributed by atoms with Gasteiger partial charge in [-0.15, -0.1) is 0 Å². The highest BCUT2D eigenvalue weighted by Crippen LogP contribution is 2.31. The molecule has 1 atom stereocenters. The van der Waals surface area contributed by atoms with Crippen LogP contribution in [-0.2, 0) is 0 Å². The Hall–Kier alpha value is -1.87. The maximum absolute atomic E-state index is 9.96. The highest BCUT2D eigenvalue weighted by Gasteiger charge is 2.12. The number of hydrogen-bond acceptors (Lipinski definition) is 3. The van der Waals surface area contributed by atoms with Crippen LogP contribution in [0.4, 0.5) is 0 Å². The van der Waals surface area contributed by atoms with Crippen molar-refractivity contribution in [3.05, 3.63) is 53.9 Å². The molecular weight excluding hydrogens is 226 g/mol. The number of ether oxygens (including phenoxy) is 1. The molecule has 0 saturated carbocycles. The molecule has 1 aromatic heterocycles. The van der Waals surface area contributed by atoms with Gasteiger partial charge in [-0.05, 0) is 31.5 Å². The van der Waals surface area contributed by atoms with E-state index in [-0.39, 0.29) is 0 Å². The molecule has 1 heterocycles. The molecule has 0 aliphatic carbocycles. The SMILES string of the molecule is CC[C@H](O)c1ccccc1Oc1cccnc1C. The largest absolute Gasteiger partial charge is 0.455 e. The van der Waals surface area contributed by atoms with Gasteiger partial charge in [0.05, 0.1) is 11.8 Å². The quantitative estimate of drug-likeness (QED) is 0.891. The van der Waals surface area contributed by atoms with Crippen LogP contribution in [0, 0.1) is 6.92 Å². The van der Waals surface area contributed by atoms with Crippen LogP contribution in [0.1, 0.15) is 30.7 Å². The number of aryl methyl sites for hydroxylation is 1. The molecule has 0 aliphatic heterocycles. The lowest BCUT2D eigenvalue weighted by atomic mass is 10.1. The van der Waals surface area contributed by atoms with Crippen LogP contribution in [0.25, 0.3) is 0 Å². The summed E-state index contributed by atoms with van der Waals surface area (Å²) in [5, 5.41) is 9.96. The molecular formula is C15H17NO2. The monoisotopic (exact) mass is 243 g/mol. The molecule has 1 N–H and O–H groups in total. The fourth-order valence-electron chi connectivity index (χ4n) is 1.76. The van der Waals surface area contributed by atoms with E-state index in [1.807, 2.05) is 50.2 Å². The van der Waals surface area contributed by atoms with E-state index in [0.29, 0.717) is 17.9 Å². The van der Waals surface area contributed by atoms with Gasteiger partial charge < -0.3 is 9.84 Å². The van der Waals surface area contributed by atoms with E-state index in [2.05, 4.69) is 4.98 Å². The molecule has 0 radical (unpaired) electrons. The van der Waals surface area contributed by atoms with Crippen molar-refractivity contribution in [2.24, 2.45) is 0 Å². The van der Waals surface area contributed by atoms with Crippen LogP contribution >= 0.6 is 0 Å². The highest BCUT2D eigenvalue weighted by molar-refractivity contribution is 5.40. The first-order chi connectivity index (χ1) is 8.72. The topological polar surface area (TPSA) is 42.4 Å². The van der Waals surface area contributed by atoms with Gasteiger partial charge in [-0.1, -0.05) is 25.1 Å². The molecule has 0 aliphatic rings. The Morgan fingerprint density at radius 3 is 2.61 bits per heavy atom. The lowest BCUT2D eigenvalue weighted by Gasteiger charge is -2.15. The van der Waals surface area contributed by atoms with Gasteiger partial charge in [-0.25, -0.2) is 0 Å². The highest BCUT2D eigenvalue weighted by atomic mass is 16.5. The minimum absolute atomic E-state index is 0.502. The summed E-state index contributed by atoms with van der Waals surface area (Å²) in [6.07, 6.45) is 1.89. The number of aromatic nitrogens is 1. The summed E-state index contributed by atoms with van der Waals surface area (Å²) in [6.45, 7) is 3.84.